The van der Waals surface area contributed by atoms with Gasteiger partial charge in [0.15, 0.2) is 0 Å². The molecule has 2 heterocycles. The summed E-state index contributed by atoms with van der Waals surface area (Å²) in [5.74, 6) is 1.22. The summed E-state index contributed by atoms with van der Waals surface area (Å²) in [6.07, 6.45) is 2.66. The van der Waals surface area contributed by atoms with E-state index in [0.717, 1.165) is 19.4 Å². The van der Waals surface area contributed by atoms with Crippen LogP contribution in [0.15, 0.2) is 22.7 Å². The van der Waals surface area contributed by atoms with Crippen molar-refractivity contribution in [3.8, 4) is 11.4 Å². The van der Waals surface area contributed by atoms with Gasteiger partial charge in [0.05, 0.1) is 0 Å². The highest BCUT2D eigenvalue weighted by Crippen LogP contribution is 2.23. The number of hydrogen-bond donors (Lipinski definition) is 1. The molecule has 0 radical (unpaired) electrons. The molecule has 2 N–H and O–H groups in total. The van der Waals surface area contributed by atoms with Crippen molar-refractivity contribution < 1.29 is 13.7 Å². The molecule has 26 heavy (non-hydrogen) atoms. The number of rotatable bonds is 5. The molecule has 1 aliphatic rings. The monoisotopic (exact) mass is 360 g/mol. The van der Waals surface area contributed by atoms with Crippen LogP contribution >= 0.6 is 0 Å². The lowest BCUT2D eigenvalue weighted by Crippen LogP contribution is -2.49. The van der Waals surface area contributed by atoms with Crippen LogP contribution in [0.4, 0.5) is 4.39 Å². The van der Waals surface area contributed by atoms with Crippen molar-refractivity contribution in [1.82, 2.24) is 15.0 Å². The van der Waals surface area contributed by atoms with Gasteiger partial charge < -0.3 is 15.2 Å². The number of halogens is 1. The van der Waals surface area contributed by atoms with Crippen molar-refractivity contribution in [2.45, 2.75) is 45.6 Å². The molecule has 0 saturated carbocycles. The van der Waals surface area contributed by atoms with Gasteiger partial charge in [-0.05, 0) is 49.4 Å². The third-order valence-electron chi connectivity index (χ3n) is 5.01. The van der Waals surface area contributed by atoms with Crippen LogP contribution in [0.2, 0.25) is 0 Å². The van der Waals surface area contributed by atoms with Crippen molar-refractivity contribution in [2.75, 3.05) is 13.1 Å². The second-order valence-corrected chi connectivity index (χ2v) is 7.08. The summed E-state index contributed by atoms with van der Waals surface area (Å²) in [6, 6.07) is 4.79. The lowest BCUT2D eigenvalue weighted by atomic mass is 9.92. The maximum Gasteiger partial charge on any atom is 0.227 e. The molecule has 1 aromatic heterocycles. The predicted octanol–water partition coefficient (Wildman–Crippen LogP) is 2.70. The quantitative estimate of drug-likeness (QED) is 0.886. The smallest absolute Gasteiger partial charge is 0.227 e. The minimum Gasteiger partial charge on any atom is -0.339 e. The summed E-state index contributed by atoms with van der Waals surface area (Å²) < 4.78 is 18.6. The lowest BCUT2D eigenvalue weighted by molar-refractivity contribution is -0.135. The highest BCUT2D eigenvalue weighted by molar-refractivity contribution is 5.76. The number of benzene rings is 1. The van der Waals surface area contributed by atoms with Crippen LogP contribution in [0, 0.1) is 18.7 Å². The Morgan fingerprint density at radius 2 is 2.27 bits per heavy atom. The van der Waals surface area contributed by atoms with E-state index in [9.17, 15) is 9.18 Å². The molecule has 2 atom stereocenters. The molecular formula is C19H25FN4O2. The average Bonchev–Trinajstić information content (AvgIpc) is 3.11. The van der Waals surface area contributed by atoms with E-state index in [4.69, 9.17) is 10.3 Å². The number of carbonyl (C=O) groups is 1. The van der Waals surface area contributed by atoms with Crippen LogP contribution in [0.3, 0.4) is 0 Å². The molecule has 7 heteroatoms. The number of piperidine rings is 1. The van der Waals surface area contributed by atoms with Crippen LogP contribution in [0.1, 0.15) is 37.6 Å². The molecule has 6 nitrogen and oxygen atoms in total. The van der Waals surface area contributed by atoms with E-state index in [1.807, 2.05) is 4.90 Å². The van der Waals surface area contributed by atoms with E-state index in [1.54, 1.807) is 19.1 Å². The summed E-state index contributed by atoms with van der Waals surface area (Å²) in [7, 11) is 0. The largest absolute Gasteiger partial charge is 0.339 e. The fourth-order valence-corrected chi connectivity index (χ4v) is 3.42. The zero-order chi connectivity index (χ0) is 18.7. The molecule has 0 spiro atoms. The highest BCUT2D eigenvalue weighted by atomic mass is 19.1. The fourth-order valence-electron chi connectivity index (χ4n) is 3.42. The third kappa shape index (κ3) is 4.09. The van der Waals surface area contributed by atoms with Crippen LogP contribution in [-0.4, -0.2) is 40.1 Å². The Bertz CT molecular complexity index is 777. The number of carbonyl (C=O) groups excluding carboxylic acids is 1. The molecule has 1 amide bonds. The molecule has 2 unspecified atom stereocenters. The Balaban J connectivity index is 1.61. The standard InChI is InChI=1S/C19H25FN4O2/c1-12-7-8-24(15(9-12)11-21)18(25)6-5-17-22-19(23-26-17)14-3-4-16(20)13(2)10-14/h3-4,10,12,15H,5-9,11,21H2,1-2H3. The summed E-state index contributed by atoms with van der Waals surface area (Å²) >= 11 is 0. The second kappa shape index (κ2) is 7.95. The zero-order valence-electron chi connectivity index (χ0n) is 15.2. The first kappa shape index (κ1) is 18.5. The molecule has 140 valence electrons. The number of hydrogen-bond acceptors (Lipinski definition) is 5. The minimum absolute atomic E-state index is 0.0738. The van der Waals surface area contributed by atoms with Crippen LogP contribution in [-0.2, 0) is 11.2 Å². The van der Waals surface area contributed by atoms with Gasteiger partial charge in [0.25, 0.3) is 0 Å². The average molecular weight is 360 g/mol. The Kier molecular flexibility index (Phi) is 5.66. The molecule has 2 aromatic rings. The molecule has 3 rings (SSSR count). The molecule has 1 saturated heterocycles. The zero-order valence-corrected chi connectivity index (χ0v) is 15.2. The van der Waals surface area contributed by atoms with Crippen LogP contribution in [0.5, 0.6) is 0 Å². The SMILES string of the molecule is Cc1cc(-c2noc(CCC(=O)N3CCC(C)CC3CN)n2)ccc1F. The van der Waals surface area contributed by atoms with Crippen molar-refractivity contribution in [2.24, 2.45) is 11.7 Å². The van der Waals surface area contributed by atoms with E-state index in [2.05, 4.69) is 17.1 Å². The first-order valence-electron chi connectivity index (χ1n) is 9.06. The Morgan fingerprint density at radius 3 is 3.00 bits per heavy atom. The molecule has 0 aliphatic carbocycles. The van der Waals surface area contributed by atoms with E-state index in [-0.39, 0.29) is 17.8 Å². The molecule has 1 aromatic carbocycles. The first-order chi connectivity index (χ1) is 12.5. The van der Waals surface area contributed by atoms with Gasteiger partial charge >= 0.3 is 0 Å². The van der Waals surface area contributed by atoms with Gasteiger partial charge in [0.1, 0.15) is 5.82 Å². The fraction of sp³-hybridized carbons (Fsp3) is 0.526. The highest BCUT2D eigenvalue weighted by Gasteiger charge is 2.28. The molecular weight excluding hydrogens is 335 g/mol. The molecule has 1 fully saturated rings. The normalized spacial score (nSPS) is 20.4. The van der Waals surface area contributed by atoms with Gasteiger partial charge in [-0.3, -0.25) is 4.79 Å². The van der Waals surface area contributed by atoms with E-state index in [0.29, 0.717) is 48.1 Å². The number of nitrogens with zero attached hydrogens (tertiary/aromatic N) is 3. The lowest BCUT2D eigenvalue weighted by Gasteiger charge is -2.38. The molecule has 1 aliphatic heterocycles. The number of nitrogens with two attached hydrogens (primary N) is 1. The van der Waals surface area contributed by atoms with E-state index < -0.39 is 0 Å². The first-order valence-corrected chi connectivity index (χ1v) is 9.06. The van der Waals surface area contributed by atoms with Gasteiger partial charge in [-0.15, -0.1) is 0 Å². The van der Waals surface area contributed by atoms with Crippen molar-refractivity contribution in [3.63, 3.8) is 0 Å². The number of amides is 1. The van der Waals surface area contributed by atoms with E-state index in [1.165, 1.54) is 6.07 Å². The van der Waals surface area contributed by atoms with Gasteiger partial charge in [0.2, 0.25) is 17.6 Å². The number of aromatic nitrogens is 2. The van der Waals surface area contributed by atoms with Gasteiger partial charge in [-0.25, -0.2) is 4.39 Å². The summed E-state index contributed by atoms with van der Waals surface area (Å²) in [4.78, 5) is 18.8. The van der Waals surface area contributed by atoms with Gasteiger partial charge in [-0.1, -0.05) is 12.1 Å². The second-order valence-electron chi connectivity index (χ2n) is 7.08. The molecule has 0 bridgehead atoms. The summed E-state index contributed by atoms with van der Waals surface area (Å²) in [5, 5.41) is 3.94. The summed E-state index contributed by atoms with van der Waals surface area (Å²) in [5.41, 5.74) is 7.05. The number of aryl methyl sites for hydroxylation is 2. The van der Waals surface area contributed by atoms with Gasteiger partial charge in [-0.2, -0.15) is 4.98 Å². The van der Waals surface area contributed by atoms with Crippen molar-refractivity contribution >= 4 is 5.91 Å². The van der Waals surface area contributed by atoms with E-state index >= 15 is 0 Å². The third-order valence-corrected chi connectivity index (χ3v) is 5.01. The van der Waals surface area contributed by atoms with Crippen molar-refractivity contribution in [1.29, 1.82) is 0 Å². The Hall–Kier alpha value is -2.28. The minimum atomic E-state index is -0.270. The topological polar surface area (TPSA) is 85.2 Å². The van der Waals surface area contributed by atoms with Gasteiger partial charge in [0, 0.05) is 37.5 Å². The summed E-state index contributed by atoms with van der Waals surface area (Å²) in [6.45, 7) is 5.13. The maximum atomic E-state index is 13.4. The predicted molar refractivity (Wildman–Crippen MR) is 95.7 cm³/mol. The Labute approximate surface area is 152 Å². The number of likely N-dealkylation sites (tertiary alicyclic amines) is 1. The van der Waals surface area contributed by atoms with Crippen LogP contribution in [0.25, 0.3) is 11.4 Å². The van der Waals surface area contributed by atoms with Crippen molar-refractivity contribution in [3.05, 3.63) is 35.5 Å². The Morgan fingerprint density at radius 1 is 1.46 bits per heavy atom. The maximum absolute atomic E-state index is 13.4. The van der Waals surface area contributed by atoms with Crippen LogP contribution < -0.4 is 5.73 Å².